The van der Waals surface area contributed by atoms with Crippen molar-refractivity contribution in [2.24, 2.45) is 0 Å². The monoisotopic (exact) mass is 784 g/mol. The van der Waals surface area contributed by atoms with Crippen LogP contribution in [0.5, 0.6) is 46.0 Å². The van der Waals surface area contributed by atoms with E-state index in [1.165, 1.54) is 0 Å². The molecule has 2 heterocycles. The van der Waals surface area contributed by atoms with Gasteiger partial charge in [-0.2, -0.15) is 0 Å². The van der Waals surface area contributed by atoms with Crippen molar-refractivity contribution in [2.75, 3.05) is 28.4 Å². The molecule has 4 unspecified atom stereocenters. The summed E-state index contributed by atoms with van der Waals surface area (Å²) in [5.74, 6) is 1.62. The lowest BCUT2D eigenvalue weighted by atomic mass is 9.82. The van der Waals surface area contributed by atoms with E-state index in [-0.39, 0.29) is 58.3 Å². The van der Waals surface area contributed by atoms with E-state index in [0.29, 0.717) is 79.6 Å². The Hall–Kier alpha value is -5.84. The molecule has 302 valence electrons. The van der Waals surface area contributed by atoms with E-state index in [1.807, 2.05) is 50.2 Å². The fourth-order valence-corrected chi connectivity index (χ4v) is 9.87. The highest BCUT2D eigenvalue weighted by molar-refractivity contribution is 6.14. The van der Waals surface area contributed by atoms with Gasteiger partial charge in [0, 0.05) is 46.4 Å². The molecule has 10 nitrogen and oxygen atoms in total. The van der Waals surface area contributed by atoms with Gasteiger partial charge in [0.2, 0.25) is 0 Å². The topological polar surface area (TPSA) is 142 Å². The lowest BCUT2D eigenvalue weighted by molar-refractivity contribution is 0.377. The molecule has 0 spiro atoms. The number of hydrogen-bond acceptors (Lipinski definition) is 10. The Kier molecular flexibility index (Phi) is 9.76. The first-order chi connectivity index (χ1) is 27.7. The van der Waals surface area contributed by atoms with Crippen molar-refractivity contribution in [3.8, 4) is 79.4 Å². The van der Waals surface area contributed by atoms with Crippen molar-refractivity contribution in [1.29, 1.82) is 0 Å². The molecule has 6 aromatic carbocycles. The number of fused-ring (bicyclic) bond motifs is 4. The van der Waals surface area contributed by atoms with E-state index < -0.39 is 0 Å². The van der Waals surface area contributed by atoms with Gasteiger partial charge in [-0.1, -0.05) is 12.1 Å². The third-order valence-corrected chi connectivity index (χ3v) is 12.1. The molecule has 58 heavy (non-hydrogen) atoms. The molecule has 8 rings (SSSR count). The van der Waals surface area contributed by atoms with E-state index in [4.69, 9.17) is 18.9 Å². The van der Waals surface area contributed by atoms with Gasteiger partial charge in [-0.15, -0.1) is 0 Å². The van der Waals surface area contributed by atoms with Crippen LogP contribution in [0.4, 0.5) is 0 Å². The molecule has 0 aromatic heterocycles. The van der Waals surface area contributed by atoms with E-state index in [0.717, 1.165) is 33.4 Å². The highest BCUT2D eigenvalue weighted by Gasteiger charge is 2.33. The van der Waals surface area contributed by atoms with Crippen molar-refractivity contribution in [3.05, 3.63) is 81.9 Å². The summed E-state index contributed by atoms with van der Waals surface area (Å²) >= 11 is 0. The van der Waals surface area contributed by atoms with Crippen molar-refractivity contribution < 1.29 is 39.4 Å². The summed E-state index contributed by atoms with van der Waals surface area (Å²) in [5, 5.41) is 58.3. The number of hydrogen-bond donors (Lipinski definition) is 6. The quantitative estimate of drug-likeness (QED) is 0.0927. The molecule has 6 N–H and O–H groups in total. The predicted molar refractivity (Wildman–Crippen MR) is 230 cm³/mol. The van der Waals surface area contributed by atoms with Gasteiger partial charge in [-0.3, -0.25) is 0 Å². The molecule has 0 aliphatic carbocycles. The van der Waals surface area contributed by atoms with Gasteiger partial charge in [0.15, 0.2) is 0 Å². The maximum atomic E-state index is 12.5. The van der Waals surface area contributed by atoms with Crippen molar-refractivity contribution >= 4 is 21.5 Å². The average Bonchev–Trinajstić information content (AvgIpc) is 3.16. The third-order valence-electron chi connectivity index (χ3n) is 12.1. The normalized spacial score (nSPS) is 18.9. The van der Waals surface area contributed by atoms with Gasteiger partial charge in [0.25, 0.3) is 0 Å². The average molecular weight is 785 g/mol. The number of aromatic hydroxyl groups is 4. The van der Waals surface area contributed by atoms with Gasteiger partial charge in [0.05, 0.1) is 50.3 Å². The van der Waals surface area contributed by atoms with Crippen LogP contribution in [0.15, 0.2) is 48.5 Å². The summed E-state index contributed by atoms with van der Waals surface area (Å²) in [6.45, 7) is 12.3. The summed E-state index contributed by atoms with van der Waals surface area (Å²) < 4.78 is 24.2. The summed E-state index contributed by atoms with van der Waals surface area (Å²) in [4.78, 5) is 0. The van der Waals surface area contributed by atoms with Crippen molar-refractivity contribution in [1.82, 2.24) is 10.6 Å². The van der Waals surface area contributed by atoms with E-state index >= 15 is 0 Å². The number of phenolic OH excluding ortho intramolecular Hbond substituents is 4. The van der Waals surface area contributed by atoms with Crippen LogP contribution < -0.4 is 29.6 Å². The van der Waals surface area contributed by atoms with Gasteiger partial charge in [0.1, 0.15) is 46.0 Å². The maximum absolute atomic E-state index is 12.5. The Labute approximate surface area is 339 Å². The van der Waals surface area contributed by atoms with Crippen molar-refractivity contribution in [3.63, 3.8) is 0 Å². The third kappa shape index (κ3) is 6.00. The molecule has 0 fully saturated rings. The molecule has 0 saturated carbocycles. The summed E-state index contributed by atoms with van der Waals surface area (Å²) in [6.07, 6.45) is 1.42. The Bertz CT molecular complexity index is 2490. The summed E-state index contributed by atoms with van der Waals surface area (Å²) in [7, 11) is 6.30. The first-order valence-corrected chi connectivity index (χ1v) is 19.8. The molecule has 2 aliphatic heterocycles. The number of methoxy groups -OCH3 is 4. The molecule has 4 atom stereocenters. The number of phenols is 4. The fourth-order valence-electron chi connectivity index (χ4n) is 9.87. The first-order valence-electron chi connectivity index (χ1n) is 19.8. The SMILES string of the molecule is COc1c(-c2cc(-c3cc(-c4c(O)cc5c(c4OC)C(C)NC(C)C5)c4cc(C)cc(OC)c4c3O)c(O)c3c(OC)cc(C)cc23)c(O)cc2c1C(C)NC(C)C2. The van der Waals surface area contributed by atoms with Crippen LogP contribution in [0.2, 0.25) is 0 Å². The molecule has 10 heteroatoms. The Morgan fingerprint density at radius 1 is 0.500 bits per heavy atom. The molecule has 6 aromatic rings. The molecular formula is C48H52N2O8. The molecule has 0 amide bonds. The first kappa shape index (κ1) is 39.0. The zero-order valence-corrected chi connectivity index (χ0v) is 34.8. The van der Waals surface area contributed by atoms with Crippen LogP contribution in [0.25, 0.3) is 54.9 Å². The fraction of sp³-hybridized carbons (Fsp3) is 0.333. The number of aryl methyl sites for hydroxylation is 2. The number of rotatable bonds is 7. The zero-order chi connectivity index (χ0) is 41.5. The molecule has 0 saturated heterocycles. The van der Waals surface area contributed by atoms with E-state index in [2.05, 4.69) is 38.3 Å². The highest BCUT2D eigenvalue weighted by Crippen LogP contribution is 2.57. The van der Waals surface area contributed by atoms with Crippen LogP contribution in [-0.2, 0) is 12.8 Å². The largest absolute Gasteiger partial charge is 0.507 e. The minimum absolute atomic E-state index is 0.0247. The molecule has 0 bridgehead atoms. The Morgan fingerprint density at radius 3 is 1.22 bits per heavy atom. The van der Waals surface area contributed by atoms with Gasteiger partial charge in [-0.05, 0) is 135 Å². The second-order valence-corrected chi connectivity index (χ2v) is 16.2. The van der Waals surface area contributed by atoms with Gasteiger partial charge < -0.3 is 50.0 Å². The lowest BCUT2D eigenvalue weighted by Crippen LogP contribution is -2.36. The van der Waals surface area contributed by atoms with Crippen molar-refractivity contribution in [2.45, 2.75) is 78.6 Å². The Morgan fingerprint density at radius 2 is 0.879 bits per heavy atom. The van der Waals surface area contributed by atoms with Crippen LogP contribution >= 0.6 is 0 Å². The maximum Gasteiger partial charge on any atom is 0.135 e. The Balaban J connectivity index is 1.53. The van der Waals surface area contributed by atoms with Crippen LogP contribution in [0.1, 0.15) is 73.2 Å². The zero-order valence-electron chi connectivity index (χ0n) is 34.8. The summed E-state index contributed by atoms with van der Waals surface area (Å²) in [6, 6.07) is 15.0. The van der Waals surface area contributed by atoms with Gasteiger partial charge >= 0.3 is 0 Å². The van der Waals surface area contributed by atoms with E-state index in [1.54, 1.807) is 40.6 Å². The predicted octanol–water partition coefficient (Wildman–Crippen LogP) is 9.66. The molecule has 0 radical (unpaired) electrons. The van der Waals surface area contributed by atoms with Crippen LogP contribution in [0, 0.1) is 13.8 Å². The van der Waals surface area contributed by atoms with Gasteiger partial charge in [-0.25, -0.2) is 0 Å². The second kappa shape index (κ2) is 14.5. The lowest BCUT2D eigenvalue weighted by Gasteiger charge is -2.32. The number of ether oxygens (including phenoxy) is 4. The number of nitrogens with one attached hydrogen (secondary N) is 2. The molecular weight excluding hydrogens is 733 g/mol. The highest BCUT2D eigenvalue weighted by atomic mass is 16.5. The van der Waals surface area contributed by atoms with E-state index in [9.17, 15) is 20.4 Å². The standard InChI is InChI=1S/C48H52N2O8/c1-21-11-29-31(41-35(51)17-27-15-23(3)49-25(5)39(27)47(41)57-9)19-33(45(53)43(29)37(13-21)55-7)34-20-32(30-12-22(2)14-38(56-8)44(30)46(34)54)42-36(52)18-28-16-24(4)50-26(6)40(28)48(42)58-10/h11-14,17-20,23-26,49-54H,15-16H2,1-10H3. The number of benzene rings is 6. The van der Waals surface area contributed by atoms with Crippen LogP contribution in [0.3, 0.4) is 0 Å². The second-order valence-electron chi connectivity index (χ2n) is 16.2. The van der Waals surface area contributed by atoms with Crippen LogP contribution in [-0.4, -0.2) is 60.9 Å². The minimum Gasteiger partial charge on any atom is -0.507 e. The smallest absolute Gasteiger partial charge is 0.135 e. The minimum atomic E-state index is -0.143. The summed E-state index contributed by atoms with van der Waals surface area (Å²) in [5.41, 5.74) is 8.16. The molecule has 2 aliphatic rings.